The molecule has 25 heavy (non-hydrogen) atoms. The smallest absolute Gasteiger partial charge is 0.410 e. The van der Waals surface area contributed by atoms with Crippen molar-refractivity contribution in [3.05, 3.63) is 17.5 Å². The van der Waals surface area contributed by atoms with E-state index in [4.69, 9.17) is 9.26 Å². The van der Waals surface area contributed by atoms with Crippen LogP contribution >= 0.6 is 0 Å². The van der Waals surface area contributed by atoms with Crippen molar-refractivity contribution in [2.24, 2.45) is 5.92 Å². The van der Waals surface area contributed by atoms with Crippen molar-refractivity contribution >= 4 is 12.0 Å². The third-order valence-electron chi connectivity index (χ3n) is 3.57. The van der Waals surface area contributed by atoms with Gasteiger partial charge in [-0.05, 0) is 46.5 Å². The topological polar surface area (TPSA) is 84.7 Å². The Hall–Kier alpha value is -2.49. The molecule has 0 aliphatic carbocycles. The quantitative estimate of drug-likeness (QED) is 0.830. The third-order valence-corrected chi connectivity index (χ3v) is 3.57. The summed E-state index contributed by atoms with van der Waals surface area (Å²) in [4.78, 5) is 25.6. The van der Waals surface area contributed by atoms with Crippen molar-refractivity contribution in [3.63, 3.8) is 0 Å². The Bertz CT molecular complexity index is 678. The predicted octanol–water partition coefficient (Wildman–Crippen LogP) is 2.25. The van der Waals surface area contributed by atoms with Crippen molar-refractivity contribution in [3.8, 4) is 11.8 Å². The van der Waals surface area contributed by atoms with Gasteiger partial charge in [-0.2, -0.15) is 0 Å². The average Bonchev–Trinajstić information content (AvgIpc) is 2.95. The fraction of sp³-hybridized carbons (Fsp3) is 0.611. The van der Waals surface area contributed by atoms with Crippen LogP contribution in [0.15, 0.2) is 10.6 Å². The van der Waals surface area contributed by atoms with Gasteiger partial charge in [0.25, 0.3) is 5.91 Å². The van der Waals surface area contributed by atoms with Gasteiger partial charge in [0.2, 0.25) is 0 Å². The van der Waals surface area contributed by atoms with E-state index in [-0.39, 0.29) is 24.5 Å². The molecule has 1 aliphatic rings. The van der Waals surface area contributed by atoms with Gasteiger partial charge in [0.15, 0.2) is 0 Å². The summed E-state index contributed by atoms with van der Waals surface area (Å²) in [5, 5.41) is 6.48. The number of likely N-dealkylation sites (tertiary alicyclic amines) is 1. The largest absolute Gasteiger partial charge is 0.444 e. The molecule has 7 nitrogen and oxygen atoms in total. The SMILES string of the molecule is Cc1cc(CNC(=O)C#C[C@@H]2CCCN(C(=O)OC(C)(C)C)C2)no1. The summed E-state index contributed by atoms with van der Waals surface area (Å²) in [6.45, 7) is 8.73. The maximum absolute atomic E-state index is 12.1. The molecule has 1 fully saturated rings. The number of rotatable bonds is 2. The van der Waals surface area contributed by atoms with Gasteiger partial charge in [0.05, 0.1) is 6.54 Å². The molecule has 1 N–H and O–H groups in total. The van der Waals surface area contributed by atoms with E-state index in [1.54, 1.807) is 17.9 Å². The van der Waals surface area contributed by atoms with E-state index in [0.29, 0.717) is 24.5 Å². The summed E-state index contributed by atoms with van der Waals surface area (Å²) >= 11 is 0. The highest BCUT2D eigenvalue weighted by Gasteiger charge is 2.26. The molecular formula is C18H25N3O4. The van der Waals surface area contributed by atoms with E-state index in [1.807, 2.05) is 20.8 Å². The molecule has 2 heterocycles. The lowest BCUT2D eigenvalue weighted by molar-refractivity contribution is -0.115. The second-order valence-corrected chi connectivity index (χ2v) is 7.15. The van der Waals surface area contributed by atoms with Crippen LogP contribution in [-0.4, -0.2) is 40.7 Å². The minimum atomic E-state index is -0.519. The van der Waals surface area contributed by atoms with E-state index in [2.05, 4.69) is 22.3 Å². The fourth-order valence-corrected chi connectivity index (χ4v) is 2.47. The summed E-state index contributed by atoms with van der Waals surface area (Å²) in [5.41, 5.74) is 0.135. The van der Waals surface area contributed by atoms with Crippen LogP contribution in [0.4, 0.5) is 4.79 Å². The van der Waals surface area contributed by atoms with Crippen LogP contribution < -0.4 is 5.32 Å². The Balaban J connectivity index is 1.82. The van der Waals surface area contributed by atoms with Crippen LogP contribution in [-0.2, 0) is 16.1 Å². The zero-order valence-corrected chi connectivity index (χ0v) is 15.2. The van der Waals surface area contributed by atoms with Crippen molar-refractivity contribution in [2.75, 3.05) is 13.1 Å². The first kappa shape index (κ1) is 18.8. The molecule has 0 saturated carbocycles. The Morgan fingerprint density at radius 3 is 2.88 bits per heavy atom. The molecule has 0 radical (unpaired) electrons. The van der Waals surface area contributed by atoms with Crippen LogP contribution in [0.3, 0.4) is 0 Å². The molecule has 136 valence electrons. The summed E-state index contributed by atoms with van der Waals surface area (Å²) in [5.74, 6) is 5.86. The second kappa shape index (κ2) is 8.06. The lowest BCUT2D eigenvalue weighted by atomic mass is 9.99. The molecule has 1 atom stereocenters. The van der Waals surface area contributed by atoms with Gasteiger partial charge in [0, 0.05) is 25.1 Å². The molecule has 1 aliphatic heterocycles. The number of nitrogens with one attached hydrogen (secondary N) is 1. The molecule has 0 bridgehead atoms. The number of amides is 2. The lowest BCUT2D eigenvalue weighted by Gasteiger charge is -2.32. The van der Waals surface area contributed by atoms with Gasteiger partial charge in [-0.3, -0.25) is 4.79 Å². The average molecular weight is 347 g/mol. The highest BCUT2D eigenvalue weighted by atomic mass is 16.6. The Morgan fingerprint density at radius 2 is 2.24 bits per heavy atom. The van der Waals surface area contributed by atoms with Gasteiger partial charge in [0.1, 0.15) is 17.1 Å². The number of carbonyl (C=O) groups excluding carboxylic acids is 2. The molecular weight excluding hydrogens is 322 g/mol. The number of aromatic nitrogens is 1. The molecule has 0 aromatic carbocycles. The van der Waals surface area contributed by atoms with E-state index in [1.165, 1.54) is 0 Å². The normalized spacial score (nSPS) is 17.4. The van der Waals surface area contributed by atoms with Crippen LogP contribution in [0.1, 0.15) is 45.1 Å². The molecule has 1 saturated heterocycles. The van der Waals surface area contributed by atoms with Gasteiger partial charge in [-0.1, -0.05) is 11.1 Å². The Labute approximate surface area is 148 Å². The van der Waals surface area contributed by atoms with Crippen molar-refractivity contribution in [1.29, 1.82) is 0 Å². The molecule has 1 aromatic heterocycles. The van der Waals surface area contributed by atoms with Gasteiger partial charge < -0.3 is 19.5 Å². The van der Waals surface area contributed by atoms with E-state index in [0.717, 1.165) is 12.8 Å². The number of hydrogen-bond acceptors (Lipinski definition) is 5. The molecule has 1 aromatic rings. The number of ether oxygens (including phenoxy) is 1. The van der Waals surface area contributed by atoms with E-state index in [9.17, 15) is 9.59 Å². The number of aryl methyl sites for hydroxylation is 1. The van der Waals surface area contributed by atoms with Gasteiger partial charge in [-0.25, -0.2) is 4.79 Å². The lowest BCUT2D eigenvalue weighted by Crippen LogP contribution is -2.42. The molecule has 0 spiro atoms. The summed E-state index contributed by atoms with van der Waals surface area (Å²) < 4.78 is 10.3. The van der Waals surface area contributed by atoms with Crippen molar-refractivity contribution < 1.29 is 18.8 Å². The number of carbonyl (C=O) groups is 2. The Kier molecular flexibility index (Phi) is 6.07. The fourth-order valence-electron chi connectivity index (χ4n) is 2.47. The first-order valence-corrected chi connectivity index (χ1v) is 8.42. The first-order valence-electron chi connectivity index (χ1n) is 8.42. The van der Waals surface area contributed by atoms with Crippen molar-refractivity contribution in [1.82, 2.24) is 15.4 Å². The van der Waals surface area contributed by atoms with Gasteiger partial charge >= 0.3 is 6.09 Å². The minimum Gasteiger partial charge on any atom is -0.444 e. The van der Waals surface area contributed by atoms with Crippen LogP contribution in [0.5, 0.6) is 0 Å². The molecule has 7 heteroatoms. The minimum absolute atomic E-state index is 0.0266. The summed E-state index contributed by atoms with van der Waals surface area (Å²) in [6, 6.07) is 1.76. The number of nitrogens with zero attached hydrogens (tertiary/aromatic N) is 2. The number of hydrogen-bond donors (Lipinski definition) is 1. The van der Waals surface area contributed by atoms with Crippen LogP contribution in [0.25, 0.3) is 0 Å². The molecule has 2 rings (SSSR count). The van der Waals surface area contributed by atoms with E-state index >= 15 is 0 Å². The third kappa shape index (κ3) is 6.49. The second-order valence-electron chi connectivity index (χ2n) is 7.15. The maximum Gasteiger partial charge on any atom is 0.410 e. The zero-order valence-electron chi connectivity index (χ0n) is 15.2. The number of piperidine rings is 1. The van der Waals surface area contributed by atoms with E-state index < -0.39 is 5.60 Å². The maximum atomic E-state index is 12.1. The Morgan fingerprint density at radius 1 is 1.48 bits per heavy atom. The zero-order chi connectivity index (χ0) is 18.4. The highest BCUT2D eigenvalue weighted by Crippen LogP contribution is 2.18. The first-order chi connectivity index (χ1) is 11.7. The summed E-state index contributed by atoms with van der Waals surface area (Å²) in [7, 11) is 0. The van der Waals surface area contributed by atoms with Crippen LogP contribution in [0, 0.1) is 24.7 Å². The molecule has 0 unspecified atom stereocenters. The standard InChI is InChI=1S/C18H25N3O4/c1-13-10-15(20-25-13)11-19-16(22)8-7-14-6-5-9-21(12-14)17(23)24-18(2,3)4/h10,14H,5-6,9,11-12H2,1-4H3,(H,19,22)/t14-/m0/s1. The predicted molar refractivity (Wildman–Crippen MR) is 91.4 cm³/mol. The monoisotopic (exact) mass is 347 g/mol. The van der Waals surface area contributed by atoms with Crippen molar-refractivity contribution in [2.45, 2.75) is 52.7 Å². The molecule has 2 amide bonds. The summed E-state index contributed by atoms with van der Waals surface area (Å²) in [6.07, 6.45) is 1.38. The van der Waals surface area contributed by atoms with Crippen LogP contribution in [0.2, 0.25) is 0 Å². The highest BCUT2D eigenvalue weighted by molar-refractivity contribution is 5.93. The van der Waals surface area contributed by atoms with Gasteiger partial charge in [-0.15, -0.1) is 0 Å².